The summed E-state index contributed by atoms with van der Waals surface area (Å²) in [5, 5.41) is 21.6. The number of hydrogen-bond acceptors (Lipinski definition) is 3. The molecule has 0 aliphatic rings. The molecule has 0 saturated heterocycles. The molecule has 0 aromatic carbocycles. The van der Waals surface area contributed by atoms with Crippen LogP contribution in [-0.2, 0) is 9.59 Å². The van der Waals surface area contributed by atoms with Crippen LogP contribution in [-0.4, -0.2) is 28.0 Å². The van der Waals surface area contributed by atoms with Crippen LogP contribution in [0.5, 0.6) is 0 Å². The molecule has 3 N–H and O–H groups in total. The largest absolute Gasteiger partial charge is 0.481 e. The SMILES string of the molecule is C=C=N.O=C(O)CCC(=O)O. The van der Waals surface area contributed by atoms with Gasteiger partial charge in [-0.25, -0.2) is 0 Å². The van der Waals surface area contributed by atoms with E-state index < -0.39 is 11.9 Å². The highest BCUT2D eigenvalue weighted by molar-refractivity contribution is 5.75. The van der Waals surface area contributed by atoms with E-state index >= 15 is 0 Å². The van der Waals surface area contributed by atoms with E-state index in [9.17, 15) is 9.59 Å². The first-order valence-electron chi connectivity index (χ1n) is 2.67. The van der Waals surface area contributed by atoms with Gasteiger partial charge >= 0.3 is 11.9 Å². The van der Waals surface area contributed by atoms with Crippen molar-refractivity contribution in [1.29, 1.82) is 5.41 Å². The van der Waals surface area contributed by atoms with Gasteiger partial charge in [0.25, 0.3) is 0 Å². The number of aliphatic carboxylic acids is 2. The minimum Gasteiger partial charge on any atom is -0.481 e. The Morgan fingerprint density at radius 1 is 1.27 bits per heavy atom. The lowest BCUT2D eigenvalue weighted by molar-refractivity contribution is -0.143. The number of carboxylic acid groups (broad SMARTS) is 2. The Balaban J connectivity index is 0. The van der Waals surface area contributed by atoms with E-state index in [-0.39, 0.29) is 12.8 Å². The minimum atomic E-state index is -1.08. The molecule has 0 spiro atoms. The second-order valence-electron chi connectivity index (χ2n) is 1.46. The van der Waals surface area contributed by atoms with Crippen LogP contribution in [0, 0.1) is 5.41 Å². The molecule has 0 bridgehead atoms. The molecule has 0 heterocycles. The van der Waals surface area contributed by atoms with E-state index in [2.05, 4.69) is 6.58 Å². The van der Waals surface area contributed by atoms with Gasteiger partial charge in [-0.3, -0.25) is 15.0 Å². The van der Waals surface area contributed by atoms with Crippen LogP contribution in [0.1, 0.15) is 12.8 Å². The first kappa shape index (κ1) is 12.1. The zero-order chi connectivity index (χ0) is 9.28. The monoisotopic (exact) mass is 159 g/mol. The molecule has 0 radical (unpaired) electrons. The van der Waals surface area contributed by atoms with Crippen LogP contribution in [0.15, 0.2) is 6.58 Å². The van der Waals surface area contributed by atoms with Gasteiger partial charge in [-0.2, -0.15) is 0 Å². The van der Waals surface area contributed by atoms with Crippen molar-refractivity contribution < 1.29 is 19.8 Å². The van der Waals surface area contributed by atoms with E-state index in [1.165, 1.54) is 0 Å². The Morgan fingerprint density at radius 2 is 1.45 bits per heavy atom. The Labute approximate surface area is 63.5 Å². The average Bonchev–Trinajstić information content (AvgIpc) is 1.85. The van der Waals surface area contributed by atoms with Crippen molar-refractivity contribution in [2.45, 2.75) is 12.8 Å². The molecular formula is C6H9NO4. The molecule has 0 amide bonds. The molecule has 5 nitrogen and oxygen atoms in total. The van der Waals surface area contributed by atoms with Gasteiger partial charge in [0.1, 0.15) is 0 Å². The number of nitrogens with one attached hydrogen (secondary N) is 1. The number of rotatable bonds is 3. The zero-order valence-electron chi connectivity index (χ0n) is 5.83. The fourth-order valence-electron chi connectivity index (χ4n) is 0.214. The molecule has 0 saturated carbocycles. The highest BCUT2D eigenvalue weighted by atomic mass is 16.4. The molecule has 0 atom stereocenters. The van der Waals surface area contributed by atoms with Crippen LogP contribution < -0.4 is 0 Å². The number of hydrogen-bond donors (Lipinski definition) is 3. The molecule has 11 heavy (non-hydrogen) atoms. The maximum Gasteiger partial charge on any atom is 0.303 e. The minimum absolute atomic E-state index is 0.296. The molecule has 0 aromatic rings. The summed E-state index contributed by atoms with van der Waals surface area (Å²) in [5.74, 6) is -0.403. The first-order chi connectivity index (χ1) is 5.04. The van der Waals surface area contributed by atoms with Crippen molar-refractivity contribution in [2.75, 3.05) is 0 Å². The van der Waals surface area contributed by atoms with E-state index in [1.807, 2.05) is 0 Å². The lowest BCUT2D eigenvalue weighted by Gasteiger charge is -1.85. The van der Waals surface area contributed by atoms with Gasteiger partial charge in [-0.1, -0.05) is 0 Å². The summed E-state index contributed by atoms with van der Waals surface area (Å²) in [6.07, 6.45) is -0.593. The second kappa shape index (κ2) is 8.39. The van der Waals surface area contributed by atoms with Crippen molar-refractivity contribution in [1.82, 2.24) is 0 Å². The van der Waals surface area contributed by atoms with Crippen LogP contribution in [0.25, 0.3) is 0 Å². The molecule has 0 aliphatic carbocycles. The van der Waals surface area contributed by atoms with Crippen LogP contribution in [0.2, 0.25) is 0 Å². The quantitative estimate of drug-likeness (QED) is 0.517. The molecular weight excluding hydrogens is 150 g/mol. The summed E-state index contributed by atoms with van der Waals surface area (Å²) in [6, 6.07) is 0. The number of carbonyl (C=O) groups is 2. The van der Waals surface area contributed by atoms with E-state index in [0.29, 0.717) is 0 Å². The van der Waals surface area contributed by atoms with Gasteiger partial charge < -0.3 is 10.2 Å². The van der Waals surface area contributed by atoms with Gasteiger partial charge in [-0.15, -0.1) is 0 Å². The highest BCUT2D eigenvalue weighted by Gasteiger charge is 2.00. The van der Waals surface area contributed by atoms with Crippen molar-refractivity contribution >= 4 is 17.8 Å². The summed E-state index contributed by atoms with van der Waals surface area (Å²) in [4.78, 5) is 19.3. The van der Waals surface area contributed by atoms with Crippen molar-refractivity contribution in [3.8, 4) is 0 Å². The molecule has 0 rings (SSSR count). The van der Waals surface area contributed by atoms with Crippen molar-refractivity contribution in [3.63, 3.8) is 0 Å². The van der Waals surface area contributed by atoms with Crippen molar-refractivity contribution in [3.05, 3.63) is 6.58 Å². The van der Waals surface area contributed by atoms with Gasteiger partial charge in [0, 0.05) is 0 Å². The third-order valence-corrected chi connectivity index (χ3v) is 0.553. The summed E-state index contributed by atoms with van der Waals surface area (Å²) >= 11 is 0. The third-order valence-electron chi connectivity index (χ3n) is 0.553. The van der Waals surface area contributed by atoms with Crippen molar-refractivity contribution in [2.24, 2.45) is 0 Å². The maximum absolute atomic E-state index is 9.64. The molecule has 0 fully saturated rings. The predicted octanol–water partition coefficient (Wildman–Crippen LogP) is 0.357. The summed E-state index contributed by atoms with van der Waals surface area (Å²) in [6.45, 7) is 2.90. The smallest absolute Gasteiger partial charge is 0.303 e. The Hall–Kier alpha value is -1.61. The standard InChI is InChI=1S/C4H6O4.C2H3N/c5-3(6)1-2-4(7)8;1-2-3/h1-2H2,(H,5,6)(H,7,8);3H,1H2. The van der Waals surface area contributed by atoms with Crippen LogP contribution in [0.3, 0.4) is 0 Å². The highest BCUT2D eigenvalue weighted by Crippen LogP contribution is 1.85. The normalized spacial score (nSPS) is 6.91. The topological polar surface area (TPSA) is 98.5 Å². The van der Waals surface area contributed by atoms with Gasteiger partial charge in [0.2, 0.25) is 0 Å². The fraction of sp³-hybridized carbons (Fsp3) is 0.333. The molecule has 0 unspecified atom stereocenters. The summed E-state index contributed by atoms with van der Waals surface area (Å²) in [7, 11) is 0. The Morgan fingerprint density at radius 3 is 1.55 bits per heavy atom. The molecule has 5 heteroatoms. The summed E-state index contributed by atoms with van der Waals surface area (Å²) in [5.41, 5.74) is 0. The second-order valence-corrected chi connectivity index (χ2v) is 1.46. The molecule has 0 aliphatic heterocycles. The maximum atomic E-state index is 9.64. The Kier molecular flexibility index (Phi) is 9.23. The zero-order valence-corrected chi connectivity index (χ0v) is 5.83. The van der Waals surface area contributed by atoms with Gasteiger partial charge in [0.15, 0.2) is 0 Å². The van der Waals surface area contributed by atoms with Gasteiger partial charge in [0.05, 0.1) is 12.8 Å². The van der Waals surface area contributed by atoms with Gasteiger partial charge in [-0.05, 0) is 12.4 Å². The third kappa shape index (κ3) is 29.8. The first-order valence-corrected chi connectivity index (χ1v) is 2.67. The van der Waals surface area contributed by atoms with E-state index in [1.54, 1.807) is 5.87 Å². The summed E-state index contributed by atoms with van der Waals surface area (Å²) < 4.78 is 0. The number of carboxylic acids is 2. The van der Waals surface area contributed by atoms with Crippen LogP contribution >= 0.6 is 0 Å². The average molecular weight is 159 g/mol. The lowest BCUT2D eigenvalue weighted by atomic mass is 10.3. The molecule has 0 aromatic heterocycles. The van der Waals surface area contributed by atoms with Crippen LogP contribution in [0.4, 0.5) is 0 Å². The predicted molar refractivity (Wildman–Crippen MR) is 37.9 cm³/mol. The van der Waals surface area contributed by atoms with E-state index in [0.717, 1.165) is 0 Å². The molecule has 62 valence electrons. The lowest BCUT2D eigenvalue weighted by Crippen LogP contribution is -2.00. The van der Waals surface area contributed by atoms with E-state index in [4.69, 9.17) is 15.6 Å². The fourth-order valence-corrected chi connectivity index (χ4v) is 0.214. The Bertz CT molecular complexity index is 155.